The summed E-state index contributed by atoms with van der Waals surface area (Å²) in [6.45, 7) is 2.80. The van der Waals surface area contributed by atoms with Gasteiger partial charge in [0.15, 0.2) is 0 Å². The van der Waals surface area contributed by atoms with Crippen LogP contribution in [0.1, 0.15) is 30.9 Å². The Hall–Kier alpha value is -2.62. The smallest absolute Gasteiger partial charge is 0.245 e. The molecular weight excluding hydrogens is 300 g/mol. The Labute approximate surface area is 142 Å². The van der Waals surface area contributed by atoms with Crippen LogP contribution in [-0.4, -0.2) is 22.3 Å². The van der Waals surface area contributed by atoms with Gasteiger partial charge in [0.05, 0.1) is 0 Å². The Morgan fingerprint density at radius 1 is 1.04 bits per heavy atom. The third kappa shape index (κ3) is 3.32. The van der Waals surface area contributed by atoms with Gasteiger partial charge in [0.2, 0.25) is 11.8 Å². The minimum absolute atomic E-state index is 0.0382. The summed E-state index contributed by atoms with van der Waals surface area (Å²) >= 11 is 0. The van der Waals surface area contributed by atoms with Gasteiger partial charge in [-0.15, -0.1) is 0 Å². The average molecular weight is 322 g/mol. The van der Waals surface area contributed by atoms with Crippen LogP contribution < -0.4 is 5.32 Å². The first-order valence-electron chi connectivity index (χ1n) is 8.26. The fourth-order valence-corrected chi connectivity index (χ4v) is 3.13. The van der Waals surface area contributed by atoms with Gasteiger partial charge in [0.25, 0.3) is 0 Å². The van der Waals surface area contributed by atoms with Crippen molar-refractivity contribution in [3.63, 3.8) is 0 Å². The molecule has 0 saturated carbocycles. The summed E-state index contributed by atoms with van der Waals surface area (Å²) in [7, 11) is 0. The van der Waals surface area contributed by atoms with Crippen molar-refractivity contribution in [1.82, 2.24) is 10.2 Å². The maximum absolute atomic E-state index is 12.8. The molecule has 1 N–H and O–H groups in total. The van der Waals surface area contributed by atoms with Crippen molar-refractivity contribution in [1.29, 1.82) is 0 Å². The molecule has 0 aliphatic carbocycles. The molecule has 0 spiro atoms. The van der Waals surface area contributed by atoms with E-state index < -0.39 is 5.54 Å². The number of hydrogen-bond donors (Lipinski definition) is 1. The molecule has 24 heavy (non-hydrogen) atoms. The summed E-state index contributed by atoms with van der Waals surface area (Å²) in [5.74, 6) is -0.0515. The third-order valence-corrected chi connectivity index (χ3v) is 4.69. The molecule has 2 aromatic rings. The quantitative estimate of drug-likeness (QED) is 0.920. The SMILES string of the molecule is C[C@]1(C(=O)NCc2ccccc2)CCC(=O)N1Cc1ccccc1. The topological polar surface area (TPSA) is 49.4 Å². The molecule has 1 fully saturated rings. The van der Waals surface area contributed by atoms with Crippen molar-refractivity contribution in [3.8, 4) is 0 Å². The zero-order valence-corrected chi connectivity index (χ0v) is 13.9. The van der Waals surface area contributed by atoms with E-state index in [1.165, 1.54) is 0 Å². The van der Waals surface area contributed by atoms with E-state index in [0.717, 1.165) is 11.1 Å². The molecule has 4 heteroatoms. The molecule has 1 saturated heterocycles. The highest BCUT2D eigenvalue weighted by atomic mass is 16.2. The standard InChI is InChI=1S/C20H22N2O2/c1-20(19(24)21-14-16-8-4-2-5-9-16)13-12-18(23)22(20)15-17-10-6-3-7-11-17/h2-11H,12-15H2,1H3,(H,21,24)/t20-/m1/s1. The van der Waals surface area contributed by atoms with Crippen LogP contribution in [0.4, 0.5) is 0 Å². The molecule has 3 rings (SSSR count). The molecule has 0 aromatic heterocycles. The number of benzene rings is 2. The molecule has 0 bridgehead atoms. The van der Waals surface area contributed by atoms with Crippen molar-refractivity contribution in [2.45, 2.75) is 38.4 Å². The minimum Gasteiger partial charge on any atom is -0.350 e. The van der Waals surface area contributed by atoms with Crippen molar-refractivity contribution in [3.05, 3.63) is 71.8 Å². The summed E-state index contributed by atoms with van der Waals surface area (Å²) in [4.78, 5) is 26.8. The van der Waals surface area contributed by atoms with Crippen LogP contribution in [0.15, 0.2) is 60.7 Å². The number of carbonyl (C=O) groups excluding carboxylic acids is 2. The van der Waals surface area contributed by atoms with Gasteiger partial charge >= 0.3 is 0 Å². The lowest BCUT2D eigenvalue weighted by atomic mass is 9.97. The van der Waals surface area contributed by atoms with Crippen LogP contribution in [0.25, 0.3) is 0 Å². The molecule has 2 aromatic carbocycles. The molecule has 0 unspecified atom stereocenters. The lowest BCUT2D eigenvalue weighted by Crippen LogP contribution is -2.53. The summed E-state index contributed by atoms with van der Waals surface area (Å²) in [5.41, 5.74) is 1.30. The second-order valence-corrected chi connectivity index (χ2v) is 6.41. The first-order chi connectivity index (χ1) is 11.6. The van der Waals surface area contributed by atoms with E-state index in [4.69, 9.17) is 0 Å². The Morgan fingerprint density at radius 3 is 2.25 bits per heavy atom. The van der Waals surface area contributed by atoms with E-state index in [9.17, 15) is 9.59 Å². The normalized spacial score (nSPS) is 20.2. The first kappa shape index (κ1) is 16.2. The molecule has 1 aliphatic rings. The van der Waals surface area contributed by atoms with E-state index >= 15 is 0 Å². The highest BCUT2D eigenvalue weighted by Crippen LogP contribution is 2.32. The summed E-state index contributed by atoms with van der Waals surface area (Å²) in [6.07, 6.45) is 0.974. The molecule has 4 nitrogen and oxygen atoms in total. The predicted octanol–water partition coefficient (Wildman–Crippen LogP) is 2.88. The first-order valence-corrected chi connectivity index (χ1v) is 8.26. The van der Waals surface area contributed by atoms with Crippen LogP contribution in [0.3, 0.4) is 0 Å². The van der Waals surface area contributed by atoms with Gasteiger partial charge in [-0.25, -0.2) is 0 Å². The van der Waals surface area contributed by atoms with Gasteiger partial charge in [0, 0.05) is 19.5 Å². The Balaban J connectivity index is 1.71. The molecule has 1 atom stereocenters. The Bertz CT molecular complexity index is 715. The summed E-state index contributed by atoms with van der Waals surface area (Å²) in [6, 6.07) is 19.6. The summed E-state index contributed by atoms with van der Waals surface area (Å²) in [5, 5.41) is 2.98. The van der Waals surface area contributed by atoms with Gasteiger partial charge in [-0.05, 0) is 24.5 Å². The molecule has 1 aliphatic heterocycles. The van der Waals surface area contributed by atoms with Crippen LogP contribution >= 0.6 is 0 Å². The van der Waals surface area contributed by atoms with Crippen molar-refractivity contribution >= 4 is 11.8 Å². The van der Waals surface area contributed by atoms with Crippen molar-refractivity contribution in [2.24, 2.45) is 0 Å². The number of rotatable bonds is 5. The van der Waals surface area contributed by atoms with Gasteiger partial charge in [-0.2, -0.15) is 0 Å². The molecular formula is C20H22N2O2. The van der Waals surface area contributed by atoms with Gasteiger partial charge in [0.1, 0.15) is 5.54 Å². The predicted molar refractivity (Wildman–Crippen MR) is 92.9 cm³/mol. The van der Waals surface area contributed by atoms with Gasteiger partial charge in [-0.1, -0.05) is 60.7 Å². The van der Waals surface area contributed by atoms with Crippen LogP contribution in [0.5, 0.6) is 0 Å². The van der Waals surface area contributed by atoms with E-state index in [1.807, 2.05) is 67.6 Å². The molecule has 1 heterocycles. The van der Waals surface area contributed by atoms with E-state index in [-0.39, 0.29) is 11.8 Å². The van der Waals surface area contributed by atoms with E-state index in [2.05, 4.69) is 5.32 Å². The lowest BCUT2D eigenvalue weighted by molar-refractivity contribution is -0.141. The van der Waals surface area contributed by atoms with Gasteiger partial charge < -0.3 is 10.2 Å². The molecule has 2 amide bonds. The summed E-state index contributed by atoms with van der Waals surface area (Å²) < 4.78 is 0. The number of carbonyl (C=O) groups is 2. The Morgan fingerprint density at radius 2 is 1.62 bits per heavy atom. The maximum atomic E-state index is 12.8. The van der Waals surface area contributed by atoms with E-state index in [0.29, 0.717) is 25.9 Å². The molecule has 0 radical (unpaired) electrons. The fraction of sp³-hybridized carbons (Fsp3) is 0.300. The van der Waals surface area contributed by atoms with Crippen LogP contribution in [0, 0.1) is 0 Å². The third-order valence-electron chi connectivity index (χ3n) is 4.69. The monoisotopic (exact) mass is 322 g/mol. The highest BCUT2D eigenvalue weighted by molar-refractivity contribution is 5.94. The van der Waals surface area contributed by atoms with Crippen molar-refractivity contribution in [2.75, 3.05) is 0 Å². The number of hydrogen-bond acceptors (Lipinski definition) is 2. The van der Waals surface area contributed by atoms with Crippen molar-refractivity contribution < 1.29 is 9.59 Å². The average Bonchev–Trinajstić information content (AvgIpc) is 2.91. The number of likely N-dealkylation sites (tertiary alicyclic amines) is 1. The van der Waals surface area contributed by atoms with E-state index in [1.54, 1.807) is 4.90 Å². The largest absolute Gasteiger partial charge is 0.350 e. The highest BCUT2D eigenvalue weighted by Gasteiger charge is 2.46. The number of nitrogens with zero attached hydrogens (tertiary/aromatic N) is 1. The second-order valence-electron chi connectivity index (χ2n) is 6.41. The van der Waals surface area contributed by atoms with Crippen LogP contribution in [-0.2, 0) is 22.7 Å². The second kappa shape index (κ2) is 6.87. The van der Waals surface area contributed by atoms with Gasteiger partial charge in [-0.3, -0.25) is 9.59 Å². The zero-order valence-electron chi connectivity index (χ0n) is 13.9. The fourth-order valence-electron chi connectivity index (χ4n) is 3.13. The maximum Gasteiger partial charge on any atom is 0.245 e. The van der Waals surface area contributed by atoms with Crippen LogP contribution in [0.2, 0.25) is 0 Å². The Kier molecular flexibility index (Phi) is 4.65. The minimum atomic E-state index is -0.790. The lowest BCUT2D eigenvalue weighted by Gasteiger charge is -2.34. The number of amides is 2. The number of nitrogens with one attached hydrogen (secondary N) is 1. The molecule has 124 valence electrons. The zero-order chi connectivity index (χ0) is 17.0.